The van der Waals surface area contributed by atoms with Crippen molar-refractivity contribution in [2.24, 2.45) is 0 Å². The highest BCUT2D eigenvalue weighted by molar-refractivity contribution is 5.96. The zero-order valence-electron chi connectivity index (χ0n) is 28.1. The molecule has 0 aliphatic carbocycles. The van der Waals surface area contributed by atoms with Gasteiger partial charge in [0.15, 0.2) is 6.54 Å². The predicted molar refractivity (Wildman–Crippen MR) is 180 cm³/mol. The molecule has 1 unspecified atom stereocenters. The molecule has 2 amide bonds. The van der Waals surface area contributed by atoms with Gasteiger partial charge in [0.2, 0.25) is 5.91 Å². The fourth-order valence-electron chi connectivity index (χ4n) is 6.48. The average Bonchev–Trinajstić information content (AvgIpc) is 3.00. The number of anilines is 2. The fraction of sp³-hybridized carbons (Fsp3) is 0.611. The summed E-state index contributed by atoms with van der Waals surface area (Å²) in [7, 11) is 0. The van der Waals surface area contributed by atoms with Crippen molar-refractivity contribution in [2.75, 3.05) is 63.1 Å². The molecule has 8 heteroatoms. The molecule has 8 nitrogen and oxygen atoms in total. The van der Waals surface area contributed by atoms with Gasteiger partial charge in [-0.05, 0) is 115 Å². The zero-order valence-corrected chi connectivity index (χ0v) is 28.1. The van der Waals surface area contributed by atoms with Gasteiger partial charge in [0, 0.05) is 11.4 Å². The Morgan fingerprint density at radius 3 is 2.18 bits per heavy atom. The maximum Gasteiger partial charge on any atom is 0.279 e. The third-order valence-corrected chi connectivity index (χ3v) is 9.42. The van der Waals surface area contributed by atoms with Crippen LogP contribution < -0.4 is 15.4 Å². The van der Waals surface area contributed by atoms with Crippen molar-refractivity contribution in [3.63, 3.8) is 0 Å². The number of rotatable bonds is 17. The number of amides is 2. The zero-order chi connectivity index (χ0) is 32.1. The van der Waals surface area contributed by atoms with E-state index < -0.39 is 0 Å². The third-order valence-electron chi connectivity index (χ3n) is 9.42. The fourth-order valence-corrected chi connectivity index (χ4v) is 6.48. The number of aliphatic hydroxyl groups is 1. The maximum atomic E-state index is 13.2. The number of likely N-dealkylation sites (N-methyl/N-ethyl adjacent to an activating group) is 1. The van der Waals surface area contributed by atoms with E-state index in [1.165, 1.54) is 0 Å². The number of hydrogen-bond acceptors (Lipinski definition) is 5. The Balaban J connectivity index is 1.40. The SMILES string of the molecule is CC[N+](CC)(CCO)CC(=O)Nc1c(C)cc(OCCCCCCN2CCCCC2C(=O)Nc2c(C)cccc2C)cc1C. The van der Waals surface area contributed by atoms with Crippen LogP contribution in [-0.2, 0) is 9.59 Å². The lowest BCUT2D eigenvalue weighted by Gasteiger charge is -2.35. The van der Waals surface area contributed by atoms with Gasteiger partial charge >= 0.3 is 0 Å². The number of nitrogens with one attached hydrogen (secondary N) is 2. The predicted octanol–water partition coefficient (Wildman–Crippen LogP) is 6.14. The summed E-state index contributed by atoms with van der Waals surface area (Å²) >= 11 is 0. The molecule has 1 aliphatic heterocycles. The summed E-state index contributed by atoms with van der Waals surface area (Å²) in [6.07, 6.45) is 7.44. The molecule has 44 heavy (non-hydrogen) atoms. The highest BCUT2D eigenvalue weighted by Gasteiger charge is 2.29. The summed E-state index contributed by atoms with van der Waals surface area (Å²) in [5, 5.41) is 15.8. The minimum atomic E-state index is -0.0502. The minimum absolute atomic E-state index is 0.0279. The van der Waals surface area contributed by atoms with E-state index >= 15 is 0 Å². The second kappa shape index (κ2) is 17.5. The number of carbonyl (C=O) groups is 2. The van der Waals surface area contributed by atoms with E-state index in [2.05, 4.69) is 29.4 Å². The van der Waals surface area contributed by atoms with Gasteiger partial charge in [-0.25, -0.2) is 0 Å². The van der Waals surface area contributed by atoms with Gasteiger partial charge in [-0.1, -0.05) is 37.5 Å². The van der Waals surface area contributed by atoms with Crippen LogP contribution in [0.25, 0.3) is 0 Å². The van der Waals surface area contributed by atoms with E-state index in [0.717, 1.165) is 111 Å². The normalized spacial score (nSPS) is 15.7. The molecule has 2 aromatic carbocycles. The number of aliphatic hydroxyl groups excluding tert-OH is 1. The van der Waals surface area contributed by atoms with Crippen molar-refractivity contribution in [1.29, 1.82) is 0 Å². The second-order valence-electron chi connectivity index (χ2n) is 12.6. The molecule has 0 bridgehead atoms. The van der Waals surface area contributed by atoms with Crippen molar-refractivity contribution in [1.82, 2.24) is 4.90 Å². The molecule has 3 rings (SSSR count). The number of likely N-dealkylation sites (tertiary alicyclic amines) is 1. The van der Waals surface area contributed by atoms with Crippen LogP contribution in [0.2, 0.25) is 0 Å². The van der Waals surface area contributed by atoms with Gasteiger partial charge < -0.3 is 25.0 Å². The summed E-state index contributed by atoms with van der Waals surface area (Å²) in [6.45, 7) is 17.4. The van der Waals surface area contributed by atoms with E-state index in [4.69, 9.17) is 4.74 Å². The Bertz CT molecular complexity index is 1180. The second-order valence-corrected chi connectivity index (χ2v) is 12.6. The van der Waals surface area contributed by atoms with Crippen molar-refractivity contribution in [2.45, 2.75) is 92.5 Å². The number of aryl methyl sites for hydroxylation is 4. The summed E-state index contributed by atoms with van der Waals surface area (Å²) < 4.78 is 6.66. The minimum Gasteiger partial charge on any atom is -0.494 e. The Labute approximate surface area is 265 Å². The number of ether oxygens (including phenoxy) is 1. The smallest absolute Gasteiger partial charge is 0.279 e. The molecule has 0 saturated carbocycles. The lowest BCUT2D eigenvalue weighted by atomic mass is 10.00. The summed E-state index contributed by atoms with van der Waals surface area (Å²) in [5.74, 6) is 0.930. The molecule has 244 valence electrons. The van der Waals surface area contributed by atoms with Gasteiger partial charge in [-0.2, -0.15) is 0 Å². The van der Waals surface area contributed by atoms with Gasteiger partial charge in [0.05, 0.1) is 32.3 Å². The van der Waals surface area contributed by atoms with Crippen LogP contribution >= 0.6 is 0 Å². The summed E-state index contributed by atoms with van der Waals surface area (Å²) in [4.78, 5) is 28.5. The number of carbonyl (C=O) groups excluding carboxylic acids is 2. The van der Waals surface area contributed by atoms with Gasteiger partial charge in [-0.15, -0.1) is 0 Å². The third kappa shape index (κ3) is 10.0. The first-order valence-electron chi connectivity index (χ1n) is 16.7. The van der Waals surface area contributed by atoms with Crippen LogP contribution in [0.1, 0.15) is 81.0 Å². The lowest BCUT2D eigenvalue weighted by molar-refractivity contribution is -0.917. The van der Waals surface area contributed by atoms with Crippen LogP contribution in [0.5, 0.6) is 5.75 Å². The molecule has 1 saturated heterocycles. The van der Waals surface area contributed by atoms with Crippen LogP contribution in [-0.4, -0.2) is 84.8 Å². The average molecular weight is 610 g/mol. The number of para-hydroxylation sites is 1. The quantitative estimate of drug-likeness (QED) is 0.148. The molecule has 1 heterocycles. The van der Waals surface area contributed by atoms with Crippen molar-refractivity contribution in [3.05, 3.63) is 52.6 Å². The molecule has 1 atom stereocenters. The van der Waals surface area contributed by atoms with Crippen molar-refractivity contribution < 1.29 is 23.9 Å². The number of benzene rings is 2. The first-order chi connectivity index (χ1) is 21.1. The summed E-state index contributed by atoms with van der Waals surface area (Å²) in [5.41, 5.74) is 5.98. The number of nitrogens with zero attached hydrogens (tertiary/aromatic N) is 2. The lowest BCUT2D eigenvalue weighted by Crippen LogP contribution is -2.53. The first-order valence-corrected chi connectivity index (χ1v) is 16.7. The molecule has 1 fully saturated rings. The molecule has 1 aliphatic rings. The Morgan fingerprint density at radius 2 is 1.55 bits per heavy atom. The van der Waals surface area contributed by atoms with E-state index in [1.54, 1.807) is 0 Å². The van der Waals surface area contributed by atoms with Crippen LogP contribution in [0.15, 0.2) is 30.3 Å². The van der Waals surface area contributed by atoms with E-state index in [9.17, 15) is 14.7 Å². The van der Waals surface area contributed by atoms with E-state index in [0.29, 0.717) is 24.2 Å². The van der Waals surface area contributed by atoms with Crippen molar-refractivity contribution in [3.8, 4) is 5.75 Å². The number of piperidine rings is 1. The molecule has 2 aromatic rings. The first kappa shape index (κ1) is 35.5. The Morgan fingerprint density at radius 1 is 0.909 bits per heavy atom. The molecular weight excluding hydrogens is 552 g/mol. The molecular formula is C36H57N4O4+. The number of quaternary nitrogens is 1. The van der Waals surface area contributed by atoms with Gasteiger partial charge in [-0.3, -0.25) is 14.5 Å². The molecule has 3 N–H and O–H groups in total. The number of hydrogen-bond donors (Lipinski definition) is 3. The van der Waals surface area contributed by atoms with Crippen molar-refractivity contribution >= 4 is 23.2 Å². The van der Waals surface area contributed by atoms with Gasteiger partial charge in [0.25, 0.3) is 5.91 Å². The monoisotopic (exact) mass is 609 g/mol. The highest BCUT2D eigenvalue weighted by atomic mass is 16.5. The molecule has 0 aromatic heterocycles. The maximum absolute atomic E-state index is 13.2. The highest BCUT2D eigenvalue weighted by Crippen LogP contribution is 2.27. The van der Waals surface area contributed by atoms with E-state index in [-0.39, 0.29) is 24.5 Å². The van der Waals surface area contributed by atoms with Crippen LogP contribution in [0.3, 0.4) is 0 Å². The van der Waals surface area contributed by atoms with Crippen LogP contribution in [0.4, 0.5) is 11.4 Å². The Kier molecular flexibility index (Phi) is 14.2. The molecule has 0 radical (unpaired) electrons. The largest absolute Gasteiger partial charge is 0.494 e. The topological polar surface area (TPSA) is 90.9 Å². The standard InChI is InChI=1S/C36H56N4O4/c1-7-40(8-2,21-22-41)26-33(42)37-35-29(5)24-31(25-30(35)6)44-23-14-10-9-12-19-39-20-13-11-18-32(39)36(43)38-34-27(3)16-15-17-28(34)4/h15-17,24-25,32,41H,7-14,18-23,26H2,1-6H3,(H-,37,38,42,43)/p+1. The summed E-state index contributed by atoms with van der Waals surface area (Å²) in [6, 6.07) is 10.1. The number of unbranched alkanes of at least 4 members (excludes halogenated alkanes) is 3. The van der Waals surface area contributed by atoms with Crippen LogP contribution in [0, 0.1) is 27.7 Å². The molecule has 0 spiro atoms. The Hall–Kier alpha value is -2.94. The van der Waals surface area contributed by atoms with Gasteiger partial charge in [0.1, 0.15) is 12.3 Å². The van der Waals surface area contributed by atoms with E-state index in [1.807, 2.05) is 58.0 Å².